The number of rotatable bonds is 35. The van der Waals surface area contributed by atoms with E-state index in [2.05, 4.69) is 39.9 Å². The molecular formula is C42H87NO5. The van der Waals surface area contributed by atoms with Crippen molar-refractivity contribution in [3.63, 3.8) is 0 Å². The maximum atomic E-state index is 12.0. The first kappa shape index (κ1) is 49.3. The second-order valence-electron chi connectivity index (χ2n) is 15.0. The molecule has 0 fully saturated rings. The van der Waals surface area contributed by atoms with E-state index in [4.69, 9.17) is 18.9 Å². The maximum Gasteiger partial charge on any atom is 0.407 e. The van der Waals surface area contributed by atoms with Gasteiger partial charge in [-0.1, -0.05) is 176 Å². The molecule has 0 aliphatic heterocycles. The van der Waals surface area contributed by atoms with Gasteiger partial charge < -0.3 is 24.3 Å². The normalized spacial score (nSPS) is 12.2. The van der Waals surface area contributed by atoms with Gasteiger partial charge in [-0.15, -0.1) is 0 Å². The van der Waals surface area contributed by atoms with Crippen LogP contribution in [0, 0.1) is 5.92 Å². The molecule has 1 unspecified atom stereocenters. The summed E-state index contributed by atoms with van der Waals surface area (Å²) in [6, 6.07) is 0. The topological polar surface area (TPSA) is 66.0 Å². The fraction of sp³-hybridized carbons (Fsp3) is 0.976. The van der Waals surface area contributed by atoms with Crippen LogP contribution in [0.2, 0.25) is 0 Å². The fourth-order valence-corrected chi connectivity index (χ4v) is 5.25. The lowest BCUT2D eigenvalue weighted by molar-refractivity contribution is -0.0176. The summed E-state index contributed by atoms with van der Waals surface area (Å²) in [5.74, 6) is 0.331. The number of carbonyl (C=O) groups excluding carboxylic acids is 1. The van der Waals surface area contributed by atoms with Gasteiger partial charge in [-0.2, -0.15) is 0 Å². The van der Waals surface area contributed by atoms with Crippen LogP contribution in [0.1, 0.15) is 209 Å². The van der Waals surface area contributed by atoms with E-state index in [-0.39, 0.29) is 17.8 Å². The van der Waals surface area contributed by atoms with Crippen LogP contribution in [0.4, 0.5) is 4.79 Å². The number of ether oxygens (including phenoxy) is 4. The molecule has 1 N–H and O–H groups in total. The lowest BCUT2D eigenvalue weighted by Crippen LogP contribution is -2.37. The van der Waals surface area contributed by atoms with Crippen molar-refractivity contribution in [2.45, 2.75) is 221 Å². The van der Waals surface area contributed by atoms with Gasteiger partial charge in [0.25, 0.3) is 0 Å². The van der Waals surface area contributed by atoms with Crippen molar-refractivity contribution in [2.75, 3.05) is 40.1 Å². The Hall–Kier alpha value is -0.850. The largest absolute Gasteiger partial charge is 0.449 e. The third-order valence-electron chi connectivity index (χ3n) is 9.22. The summed E-state index contributed by atoms with van der Waals surface area (Å²) in [4.78, 5) is 12.0. The number of nitrogens with one attached hydrogen (secondary N) is 1. The molecule has 0 aromatic rings. The Kier molecular flexibility index (Phi) is 40.0. The van der Waals surface area contributed by atoms with Crippen molar-refractivity contribution in [3.8, 4) is 0 Å². The van der Waals surface area contributed by atoms with Crippen molar-refractivity contribution in [3.05, 3.63) is 0 Å². The minimum absolute atomic E-state index is 0.0833. The minimum Gasteiger partial charge on any atom is -0.449 e. The monoisotopic (exact) mass is 686 g/mol. The number of hydrogen-bond acceptors (Lipinski definition) is 5. The number of amides is 1. The molecule has 0 saturated carbocycles. The van der Waals surface area contributed by atoms with Crippen LogP contribution in [-0.4, -0.2) is 57.9 Å². The molecule has 0 radical (unpaired) electrons. The summed E-state index contributed by atoms with van der Waals surface area (Å²) in [6.07, 6.45) is 32.8. The van der Waals surface area contributed by atoms with Crippen LogP contribution in [0.15, 0.2) is 0 Å². The molecule has 0 heterocycles. The molecule has 6 nitrogen and oxygen atoms in total. The molecule has 0 aliphatic rings. The van der Waals surface area contributed by atoms with E-state index < -0.39 is 0 Å². The van der Waals surface area contributed by atoms with Gasteiger partial charge in [0.2, 0.25) is 0 Å². The minimum atomic E-state index is -0.362. The number of unbranched alkanes of at least 4 members (excludes halogenated alkanes) is 22. The van der Waals surface area contributed by atoms with Crippen LogP contribution >= 0.6 is 0 Å². The van der Waals surface area contributed by atoms with Crippen LogP contribution in [0.3, 0.4) is 0 Å². The molecular weight excluding hydrogens is 598 g/mol. The van der Waals surface area contributed by atoms with Crippen LogP contribution in [0.5, 0.6) is 0 Å². The third kappa shape index (κ3) is 41.3. The molecule has 0 bridgehead atoms. The molecule has 0 rings (SSSR count). The SMILES string of the molecule is CCC(C)(C)OC.CCCCCCCCCCCCCCOCC(CNC(=O)OCC(C)C)OCCCCCCCCCCCCCC. The summed E-state index contributed by atoms with van der Waals surface area (Å²) in [6.45, 7) is 17.8. The summed E-state index contributed by atoms with van der Waals surface area (Å²) < 4.78 is 22.4. The molecule has 1 atom stereocenters. The van der Waals surface area contributed by atoms with E-state index in [0.717, 1.165) is 32.5 Å². The standard InChI is InChI=1S/C36H73NO4.C6H14O/c1-5-7-9-11-13-15-17-19-21-23-25-27-29-39-33-35(31-37-36(38)41-32-34(3)4)40-30-28-26-24-22-20-18-16-14-12-10-8-6-2;1-5-6(2,3)7-4/h34-35H,5-33H2,1-4H3,(H,37,38);5H2,1-4H3. The quantitative estimate of drug-likeness (QED) is 0.0673. The predicted molar refractivity (Wildman–Crippen MR) is 208 cm³/mol. The zero-order chi connectivity index (χ0) is 36.0. The van der Waals surface area contributed by atoms with Gasteiger partial charge in [0, 0.05) is 26.9 Å². The molecule has 290 valence electrons. The van der Waals surface area contributed by atoms with Gasteiger partial charge in [-0.3, -0.25) is 0 Å². The fourth-order valence-electron chi connectivity index (χ4n) is 5.25. The van der Waals surface area contributed by atoms with Gasteiger partial charge in [0.05, 0.1) is 24.9 Å². The molecule has 0 aliphatic carbocycles. The van der Waals surface area contributed by atoms with Crippen LogP contribution < -0.4 is 5.32 Å². The van der Waals surface area contributed by atoms with Gasteiger partial charge in [0.1, 0.15) is 0 Å². The number of alkyl carbamates (subject to hydrolysis) is 1. The summed E-state index contributed by atoms with van der Waals surface area (Å²) in [5.41, 5.74) is 0.0833. The van der Waals surface area contributed by atoms with Crippen LogP contribution in [0.25, 0.3) is 0 Å². The number of carbonyl (C=O) groups is 1. The number of methoxy groups -OCH3 is 1. The average Bonchev–Trinajstić information content (AvgIpc) is 3.08. The molecule has 0 aromatic heterocycles. The zero-order valence-corrected chi connectivity index (χ0v) is 33.9. The van der Waals surface area contributed by atoms with Gasteiger partial charge in [-0.25, -0.2) is 4.79 Å². The molecule has 0 spiro atoms. The lowest BCUT2D eigenvalue weighted by Gasteiger charge is -2.19. The van der Waals surface area contributed by atoms with Gasteiger partial charge >= 0.3 is 6.09 Å². The Bertz CT molecular complexity index is 621. The first-order valence-corrected chi connectivity index (χ1v) is 20.9. The van der Waals surface area contributed by atoms with Crippen molar-refractivity contribution in [2.24, 2.45) is 5.92 Å². The predicted octanol–water partition coefficient (Wildman–Crippen LogP) is 13.0. The van der Waals surface area contributed by atoms with Crippen molar-refractivity contribution < 1.29 is 23.7 Å². The van der Waals surface area contributed by atoms with Crippen molar-refractivity contribution in [1.29, 1.82) is 0 Å². The highest BCUT2D eigenvalue weighted by Crippen LogP contribution is 2.14. The third-order valence-corrected chi connectivity index (χ3v) is 9.22. The van der Waals surface area contributed by atoms with E-state index in [1.54, 1.807) is 7.11 Å². The number of hydrogen-bond donors (Lipinski definition) is 1. The Morgan fingerprint density at radius 1 is 0.583 bits per heavy atom. The molecule has 0 aromatic carbocycles. The van der Waals surface area contributed by atoms with Crippen LogP contribution in [-0.2, 0) is 18.9 Å². The molecule has 1 amide bonds. The first-order valence-electron chi connectivity index (χ1n) is 20.9. The lowest BCUT2D eigenvalue weighted by atomic mass is 10.1. The average molecular weight is 686 g/mol. The van der Waals surface area contributed by atoms with Gasteiger partial charge in [0.15, 0.2) is 0 Å². The Morgan fingerprint density at radius 3 is 1.33 bits per heavy atom. The Balaban J connectivity index is 0. The highest BCUT2D eigenvalue weighted by molar-refractivity contribution is 5.67. The molecule has 48 heavy (non-hydrogen) atoms. The second-order valence-corrected chi connectivity index (χ2v) is 15.0. The Labute approximate surface area is 301 Å². The Morgan fingerprint density at radius 2 is 0.979 bits per heavy atom. The van der Waals surface area contributed by atoms with E-state index >= 15 is 0 Å². The molecule has 0 saturated heterocycles. The maximum absolute atomic E-state index is 12.0. The smallest absolute Gasteiger partial charge is 0.407 e. The highest BCUT2D eigenvalue weighted by atomic mass is 16.6. The van der Waals surface area contributed by atoms with E-state index in [1.807, 2.05) is 13.8 Å². The summed E-state index contributed by atoms with van der Waals surface area (Å²) in [5, 5.41) is 2.87. The van der Waals surface area contributed by atoms with E-state index in [1.165, 1.54) is 141 Å². The summed E-state index contributed by atoms with van der Waals surface area (Å²) >= 11 is 0. The van der Waals surface area contributed by atoms with Crippen molar-refractivity contribution in [1.82, 2.24) is 5.32 Å². The first-order chi connectivity index (χ1) is 23.2. The van der Waals surface area contributed by atoms with Gasteiger partial charge in [-0.05, 0) is 39.0 Å². The highest BCUT2D eigenvalue weighted by Gasteiger charge is 2.13. The van der Waals surface area contributed by atoms with E-state index in [0.29, 0.717) is 25.7 Å². The summed E-state index contributed by atoms with van der Waals surface area (Å²) in [7, 11) is 1.74. The molecule has 6 heteroatoms. The van der Waals surface area contributed by atoms with E-state index in [9.17, 15) is 4.79 Å². The van der Waals surface area contributed by atoms with Crippen molar-refractivity contribution >= 4 is 6.09 Å². The second kappa shape index (κ2) is 38.9. The zero-order valence-electron chi connectivity index (χ0n) is 33.9.